The quantitative estimate of drug-likeness (QED) is 0.838. The lowest BCUT2D eigenvalue weighted by atomic mass is 10.0. The summed E-state index contributed by atoms with van der Waals surface area (Å²) in [6.07, 6.45) is 0.814. The molecule has 0 aliphatic heterocycles. The Morgan fingerprint density at radius 2 is 1.58 bits per heavy atom. The fourth-order valence-corrected chi connectivity index (χ4v) is 3.49. The van der Waals surface area contributed by atoms with Gasteiger partial charge in [-0.15, -0.1) is 0 Å². The Labute approximate surface area is 156 Å². The minimum Gasteiger partial charge on any atom is -0.347 e. The van der Waals surface area contributed by atoms with Crippen LogP contribution in [0.25, 0.3) is 0 Å². The second kappa shape index (κ2) is 7.50. The average molecular weight is 375 g/mol. The van der Waals surface area contributed by atoms with Gasteiger partial charge in [0.15, 0.2) is 0 Å². The van der Waals surface area contributed by atoms with Crippen LogP contribution in [0, 0.1) is 6.92 Å². The third kappa shape index (κ3) is 4.43. The molecule has 0 fully saturated rings. The first kappa shape index (κ1) is 20.0. The Balaban J connectivity index is 2.22. The lowest BCUT2D eigenvalue weighted by Crippen LogP contribution is -2.42. The second-order valence-electron chi connectivity index (χ2n) is 7.02. The van der Waals surface area contributed by atoms with Crippen LogP contribution in [0.5, 0.6) is 0 Å². The lowest BCUT2D eigenvalue weighted by Gasteiger charge is -2.24. The number of amides is 1. The van der Waals surface area contributed by atoms with E-state index in [2.05, 4.69) is 5.32 Å². The average Bonchev–Trinajstić information content (AvgIpc) is 2.61. The van der Waals surface area contributed by atoms with E-state index in [9.17, 15) is 13.2 Å². The normalized spacial score (nSPS) is 11.9. The summed E-state index contributed by atoms with van der Waals surface area (Å²) in [5.41, 5.74) is 1.70. The summed E-state index contributed by atoms with van der Waals surface area (Å²) in [4.78, 5) is 12.5. The van der Waals surface area contributed by atoms with E-state index in [4.69, 9.17) is 0 Å². The van der Waals surface area contributed by atoms with Crippen molar-refractivity contribution in [1.29, 1.82) is 0 Å². The van der Waals surface area contributed by atoms with Crippen molar-refractivity contribution < 1.29 is 13.2 Å². The van der Waals surface area contributed by atoms with Crippen LogP contribution in [0.4, 0.5) is 5.69 Å². The number of benzene rings is 2. The Morgan fingerprint density at radius 1 is 1.04 bits per heavy atom. The number of anilines is 1. The van der Waals surface area contributed by atoms with Crippen molar-refractivity contribution in [3.05, 3.63) is 59.7 Å². The van der Waals surface area contributed by atoms with Gasteiger partial charge >= 0.3 is 0 Å². The number of hydrogen-bond donors (Lipinski definition) is 1. The molecule has 0 saturated carbocycles. The van der Waals surface area contributed by atoms with Crippen LogP contribution in [-0.4, -0.2) is 26.9 Å². The van der Waals surface area contributed by atoms with E-state index in [1.165, 1.54) is 11.4 Å². The Kier molecular flexibility index (Phi) is 5.76. The number of rotatable bonds is 6. The first-order valence-electron chi connectivity index (χ1n) is 8.55. The molecule has 1 amide bonds. The summed E-state index contributed by atoms with van der Waals surface area (Å²) in [5, 5.41) is 2.96. The summed E-state index contributed by atoms with van der Waals surface area (Å²) in [6, 6.07) is 13.3. The van der Waals surface area contributed by atoms with Crippen molar-refractivity contribution >= 4 is 21.6 Å². The fourth-order valence-electron chi connectivity index (χ4n) is 2.30. The maximum absolute atomic E-state index is 12.7. The summed E-state index contributed by atoms with van der Waals surface area (Å²) in [7, 11) is -2.14. The molecule has 0 saturated heterocycles. The molecule has 0 aromatic heterocycles. The first-order chi connectivity index (χ1) is 12.1. The van der Waals surface area contributed by atoms with Gasteiger partial charge in [0, 0.05) is 18.2 Å². The third-order valence-corrected chi connectivity index (χ3v) is 6.31. The molecule has 140 valence electrons. The SMILES string of the molecule is CCC(C)(C)NC(=O)c1ccc(N(C)S(=O)(=O)c2ccc(C)cc2)cc1. The molecular weight excluding hydrogens is 348 g/mol. The molecule has 1 N–H and O–H groups in total. The molecule has 6 heteroatoms. The highest BCUT2D eigenvalue weighted by atomic mass is 32.2. The van der Waals surface area contributed by atoms with Gasteiger partial charge in [0.2, 0.25) is 0 Å². The van der Waals surface area contributed by atoms with Crippen LogP contribution in [0.3, 0.4) is 0 Å². The topological polar surface area (TPSA) is 66.5 Å². The van der Waals surface area contributed by atoms with Crippen molar-refractivity contribution in [3.8, 4) is 0 Å². The van der Waals surface area contributed by atoms with E-state index < -0.39 is 10.0 Å². The smallest absolute Gasteiger partial charge is 0.264 e. The molecule has 0 unspecified atom stereocenters. The highest BCUT2D eigenvalue weighted by Gasteiger charge is 2.22. The van der Waals surface area contributed by atoms with Crippen LogP contribution in [0.15, 0.2) is 53.4 Å². The van der Waals surface area contributed by atoms with E-state index >= 15 is 0 Å². The Morgan fingerprint density at radius 3 is 2.08 bits per heavy atom. The highest BCUT2D eigenvalue weighted by molar-refractivity contribution is 7.92. The van der Waals surface area contributed by atoms with E-state index in [1.807, 2.05) is 27.7 Å². The van der Waals surface area contributed by atoms with Crippen LogP contribution in [-0.2, 0) is 10.0 Å². The third-order valence-electron chi connectivity index (χ3n) is 4.51. The fraction of sp³-hybridized carbons (Fsp3) is 0.350. The van der Waals surface area contributed by atoms with E-state index in [1.54, 1.807) is 48.5 Å². The maximum atomic E-state index is 12.7. The van der Waals surface area contributed by atoms with E-state index in [-0.39, 0.29) is 16.3 Å². The molecule has 0 aliphatic carbocycles. The molecule has 26 heavy (non-hydrogen) atoms. The molecule has 0 radical (unpaired) electrons. The minimum absolute atomic E-state index is 0.174. The Bertz CT molecular complexity index is 870. The first-order valence-corrected chi connectivity index (χ1v) is 9.99. The molecule has 0 spiro atoms. The molecule has 5 nitrogen and oxygen atoms in total. The number of hydrogen-bond acceptors (Lipinski definition) is 3. The molecule has 0 aliphatic rings. The van der Waals surface area contributed by atoms with E-state index in [0.717, 1.165) is 12.0 Å². The zero-order valence-corrected chi connectivity index (χ0v) is 16.7. The van der Waals surface area contributed by atoms with Crippen molar-refractivity contribution in [2.24, 2.45) is 0 Å². The molecule has 2 aromatic rings. The summed E-state index contributed by atoms with van der Waals surface area (Å²) < 4.78 is 26.7. The number of sulfonamides is 1. The molecular formula is C20H26N2O3S. The molecule has 0 bridgehead atoms. The van der Waals surface area contributed by atoms with Gasteiger partial charge in [-0.1, -0.05) is 24.6 Å². The summed E-state index contributed by atoms with van der Waals surface area (Å²) in [6.45, 7) is 7.83. The van der Waals surface area contributed by atoms with Crippen LogP contribution in [0.2, 0.25) is 0 Å². The predicted octanol–water partition coefficient (Wildman–Crippen LogP) is 3.74. The number of carbonyl (C=O) groups excluding carboxylic acids is 1. The number of nitrogens with zero attached hydrogens (tertiary/aromatic N) is 1. The van der Waals surface area contributed by atoms with Crippen molar-refractivity contribution in [3.63, 3.8) is 0 Å². The van der Waals surface area contributed by atoms with Crippen molar-refractivity contribution in [2.75, 3.05) is 11.4 Å². The zero-order valence-electron chi connectivity index (χ0n) is 15.9. The standard InChI is InChI=1S/C20H26N2O3S/c1-6-20(3,4)21-19(23)16-9-11-17(12-10-16)22(5)26(24,25)18-13-7-15(2)8-14-18/h7-14H,6H2,1-5H3,(H,21,23). The predicted molar refractivity (Wildman–Crippen MR) is 105 cm³/mol. The maximum Gasteiger partial charge on any atom is 0.264 e. The minimum atomic E-state index is -3.64. The van der Waals surface area contributed by atoms with Gasteiger partial charge in [-0.25, -0.2) is 8.42 Å². The largest absolute Gasteiger partial charge is 0.347 e. The molecule has 2 aromatic carbocycles. The number of nitrogens with one attached hydrogen (secondary N) is 1. The van der Waals surface area contributed by atoms with Gasteiger partial charge in [-0.3, -0.25) is 9.10 Å². The van der Waals surface area contributed by atoms with Gasteiger partial charge < -0.3 is 5.32 Å². The second-order valence-corrected chi connectivity index (χ2v) is 8.99. The Hall–Kier alpha value is -2.34. The summed E-state index contributed by atoms with van der Waals surface area (Å²) in [5.74, 6) is -0.174. The number of carbonyl (C=O) groups is 1. The van der Waals surface area contributed by atoms with Crippen molar-refractivity contribution in [1.82, 2.24) is 5.32 Å². The van der Waals surface area contributed by atoms with Crippen LogP contribution in [0.1, 0.15) is 43.1 Å². The lowest BCUT2D eigenvalue weighted by molar-refractivity contribution is 0.0911. The van der Waals surface area contributed by atoms with E-state index in [0.29, 0.717) is 11.3 Å². The highest BCUT2D eigenvalue weighted by Crippen LogP contribution is 2.23. The van der Waals surface area contributed by atoms with Gasteiger partial charge in [0.25, 0.3) is 15.9 Å². The van der Waals surface area contributed by atoms with Gasteiger partial charge in [-0.2, -0.15) is 0 Å². The zero-order chi connectivity index (χ0) is 19.5. The van der Waals surface area contributed by atoms with Crippen LogP contribution >= 0.6 is 0 Å². The van der Waals surface area contributed by atoms with Gasteiger partial charge in [0.1, 0.15) is 0 Å². The van der Waals surface area contributed by atoms with Gasteiger partial charge in [-0.05, 0) is 63.6 Å². The molecule has 0 heterocycles. The summed E-state index contributed by atoms with van der Waals surface area (Å²) >= 11 is 0. The van der Waals surface area contributed by atoms with Crippen molar-refractivity contribution in [2.45, 2.75) is 44.6 Å². The molecule has 2 rings (SSSR count). The monoisotopic (exact) mass is 374 g/mol. The molecule has 0 atom stereocenters. The van der Waals surface area contributed by atoms with Crippen LogP contribution < -0.4 is 9.62 Å². The van der Waals surface area contributed by atoms with Gasteiger partial charge in [0.05, 0.1) is 10.6 Å². The number of aryl methyl sites for hydroxylation is 1.